The van der Waals surface area contributed by atoms with Crippen molar-refractivity contribution < 1.29 is 0 Å². The van der Waals surface area contributed by atoms with Gasteiger partial charge in [0.2, 0.25) is 0 Å². The van der Waals surface area contributed by atoms with Gasteiger partial charge in [-0.2, -0.15) is 0 Å². The van der Waals surface area contributed by atoms with E-state index in [-0.39, 0.29) is 0 Å². The highest BCUT2D eigenvalue weighted by molar-refractivity contribution is 9.10. The molecule has 2 aromatic rings. The Labute approximate surface area is 133 Å². The predicted octanol–water partition coefficient (Wildman–Crippen LogP) is 4.39. The number of nitrogens with one attached hydrogen (secondary N) is 1. The normalized spacial score (nSPS) is 15.3. The van der Waals surface area contributed by atoms with Crippen LogP contribution in [0.1, 0.15) is 44.2 Å². The molecule has 1 N–H and O–H groups in total. The Morgan fingerprint density at radius 1 is 1.29 bits per heavy atom. The second kappa shape index (κ2) is 6.52. The molecule has 0 bridgehead atoms. The minimum Gasteiger partial charge on any atom is -0.369 e. The van der Waals surface area contributed by atoms with Gasteiger partial charge in [0.25, 0.3) is 0 Å². The van der Waals surface area contributed by atoms with Crippen LogP contribution in [0.5, 0.6) is 0 Å². The Balaban J connectivity index is 2.08. The van der Waals surface area contributed by atoms with Crippen molar-refractivity contribution in [2.24, 2.45) is 0 Å². The largest absolute Gasteiger partial charge is 0.369 e. The van der Waals surface area contributed by atoms with Crippen molar-refractivity contribution in [2.75, 3.05) is 11.9 Å². The summed E-state index contributed by atoms with van der Waals surface area (Å²) in [5.74, 6) is 2.17. The van der Waals surface area contributed by atoms with Crippen molar-refractivity contribution in [2.45, 2.75) is 38.5 Å². The predicted molar refractivity (Wildman–Crippen MR) is 88.3 cm³/mol. The molecule has 4 nitrogen and oxygen atoms in total. The van der Waals surface area contributed by atoms with Crippen molar-refractivity contribution in [3.8, 4) is 11.4 Å². The van der Waals surface area contributed by atoms with Gasteiger partial charge < -0.3 is 5.32 Å². The standard InChI is InChI=1S/C16H19BrN4/c1-2-19-16-13(17)14(11-6-3-4-7-11)20-15(21-16)12-8-5-9-18-10-12/h5,8-11H,2-4,6-7H2,1H3,(H,19,20,21). The van der Waals surface area contributed by atoms with Gasteiger partial charge in [0.05, 0.1) is 10.2 Å². The van der Waals surface area contributed by atoms with E-state index in [0.717, 1.165) is 33.9 Å². The average molecular weight is 347 g/mol. The number of hydrogen-bond acceptors (Lipinski definition) is 4. The van der Waals surface area contributed by atoms with Gasteiger partial charge in [-0.05, 0) is 47.8 Å². The first-order chi connectivity index (χ1) is 10.3. The molecule has 0 radical (unpaired) electrons. The molecule has 1 fully saturated rings. The van der Waals surface area contributed by atoms with Gasteiger partial charge in [0.15, 0.2) is 5.82 Å². The number of hydrogen-bond donors (Lipinski definition) is 1. The van der Waals surface area contributed by atoms with E-state index in [2.05, 4.69) is 38.1 Å². The zero-order valence-electron chi connectivity index (χ0n) is 12.1. The summed E-state index contributed by atoms with van der Waals surface area (Å²) < 4.78 is 1.02. The molecule has 0 unspecified atom stereocenters. The molecule has 0 amide bonds. The first-order valence-corrected chi connectivity index (χ1v) is 8.30. The molecule has 5 heteroatoms. The second-order valence-corrected chi connectivity index (χ2v) is 6.14. The van der Waals surface area contributed by atoms with E-state index >= 15 is 0 Å². The van der Waals surface area contributed by atoms with E-state index < -0.39 is 0 Å². The molecule has 0 saturated heterocycles. The molecule has 0 aliphatic heterocycles. The molecule has 3 rings (SSSR count). The summed E-state index contributed by atoms with van der Waals surface area (Å²) in [5, 5.41) is 3.33. The smallest absolute Gasteiger partial charge is 0.163 e. The van der Waals surface area contributed by atoms with Gasteiger partial charge in [0, 0.05) is 30.4 Å². The van der Waals surface area contributed by atoms with E-state index in [1.54, 1.807) is 6.20 Å². The minimum atomic E-state index is 0.537. The zero-order chi connectivity index (χ0) is 14.7. The molecule has 2 heterocycles. The molecule has 1 aliphatic carbocycles. The number of rotatable bonds is 4. The minimum absolute atomic E-state index is 0.537. The van der Waals surface area contributed by atoms with Gasteiger partial charge in [-0.1, -0.05) is 12.8 Å². The van der Waals surface area contributed by atoms with Gasteiger partial charge >= 0.3 is 0 Å². The summed E-state index contributed by atoms with van der Waals surface area (Å²) in [6, 6.07) is 3.92. The number of nitrogens with zero attached hydrogens (tertiary/aromatic N) is 3. The van der Waals surface area contributed by atoms with Crippen LogP contribution in [0.15, 0.2) is 29.0 Å². The quantitative estimate of drug-likeness (QED) is 0.891. The monoisotopic (exact) mass is 346 g/mol. The lowest BCUT2D eigenvalue weighted by molar-refractivity contribution is 0.691. The van der Waals surface area contributed by atoms with Crippen LogP contribution in [-0.4, -0.2) is 21.5 Å². The highest BCUT2D eigenvalue weighted by Crippen LogP contribution is 2.39. The van der Waals surface area contributed by atoms with Crippen molar-refractivity contribution in [3.63, 3.8) is 0 Å². The van der Waals surface area contributed by atoms with E-state index in [1.807, 2.05) is 18.3 Å². The summed E-state index contributed by atoms with van der Waals surface area (Å²) in [5.41, 5.74) is 2.10. The van der Waals surface area contributed by atoms with Gasteiger partial charge in [-0.15, -0.1) is 0 Å². The van der Waals surface area contributed by atoms with Crippen LogP contribution in [0.25, 0.3) is 11.4 Å². The van der Waals surface area contributed by atoms with Gasteiger partial charge in [-0.25, -0.2) is 9.97 Å². The first-order valence-electron chi connectivity index (χ1n) is 7.51. The van der Waals surface area contributed by atoms with Crippen molar-refractivity contribution in [1.29, 1.82) is 0 Å². The Bertz CT molecular complexity index is 609. The van der Waals surface area contributed by atoms with Gasteiger partial charge in [0.1, 0.15) is 5.82 Å². The van der Waals surface area contributed by atoms with Crippen LogP contribution in [0.4, 0.5) is 5.82 Å². The van der Waals surface area contributed by atoms with Crippen LogP contribution >= 0.6 is 15.9 Å². The fraction of sp³-hybridized carbons (Fsp3) is 0.438. The summed E-state index contributed by atoms with van der Waals surface area (Å²) in [6.07, 6.45) is 8.60. The third-order valence-electron chi connectivity index (χ3n) is 3.88. The third kappa shape index (κ3) is 3.07. The number of anilines is 1. The maximum atomic E-state index is 4.83. The molecule has 110 valence electrons. The molecule has 0 aromatic carbocycles. The maximum Gasteiger partial charge on any atom is 0.163 e. The molecule has 21 heavy (non-hydrogen) atoms. The number of halogens is 1. The molecule has 1 saturated carbocycles. The lowest BCUT2D eigenvalue weighted by Crippen LogP contribution is -2.08. The Hall–Kier alpha value is -1.49. The van der Waals surface area contributed by atoms with Crippen LogP contribution in [0.3, 0.4) is 0 Å². The van der Waals surface area contributed by atoms with Gasteiger partial charge in [-0.3, -0.25) is 4.98 Å². The van der Waals surface area contributed by atoms with E-state index in [9.17, 15) is 0 Å². The molecular weight excluding hydrogens is 328 g/mol. The summed E-state index contributed by atoms with van der Waals surface area (Å²) >= 11 is 3.70. The lowest BCUT2D eigenvalue weighted by Gasteiger charge is -2.16. The Morgan fingerprint density at radius 2 is 2.10 bits per heavy atom. The van der Waals surface area contributed by atoms with E-state index in [0.29, 0.717) is 5.92 Å². The van der Waals surface area contributed by atoms with Crippen LogP contribution < -0.4 is 5.32 Å². The lowest BCUT2D eigenvalue weighted by atomic mass is 10.0. The van der Waals surface area contributed by atoms with Crippen molar-refractivity contribution in [1.82, 2.24) is 15.0 Å². The maximum absolute atomic E-state index is 4.83. The van der Waals surface area contributed by atoms with E-state index in [1.165, 1.54) is 25.7 Å². The number of pyridine rings is 1. The second-order valence-electron chi connectivity index (χ2n) is 5.35. The highest BCUT2D eigenvalue weighted by atomic mass is 79.9. The molecule has 0 spiro atoms. The summed E-state index contributed by atoms with van der Waals surface area (Å²) in [6.45, 7) is 2.92. The summed E-state index contributed by atoms with van der Waals surface area (Å²) in [4.78, 5) is 13.7. The molecule has 2 aromatic heterocycles. The zero-order valence-corrected chi connectivity index (χ0v) is 13.7. The highest BCUT2D eigenvalue weighted by Gasteiger charge is 2.24. The van der Waals surface area contributed by atoms with Crippen molar-refractivity contribution >= 4 is 21.7 Å². The molecule has 0 atom stereocenters. The third-order valence-corrected chi connectivity index (χ3v) is 4.66. The van der Waals surface area contributed by atoms with Crippen LogP contribution in [0.2, 0.25) is 0 Å². The fourth-order valence-corrected chi connectivity index (χ4v) is 3.48. The molecule has 1 aliphatic rings. The Kier molecular flexibility index (Phi) is 4.48. The fourth-order valence-electron chi connectivity index (χ4n) is 2.84. The van der Waals surface area contributed by atoms with Crippen LogP contribution in [-0.2, 0) is 0 Å². The average Bonchev–Trinajstić information content (AvgIpc) is 3.04. The van der Waals surface area contributed by atoms with Crippen LogP contribution in [0, 0.1) is 0 Å². The Morgan fingerprint density at radius 3 is 2.76 bits per heavy atom. The SMILES string of the molecule is CCNc1nc(-c2cccnc2)nc(C2CCCC2)c1Br. The topological polar surface area (TPSA) is 50.7 Å². The number of aromatic nitrogens is 3. The molecular formula is C16H19BrN4. The summed E-state index contributed by atoms with van der Waals surface area (Å²) in [7, 11) is 0. The van der Waals surface area contributed by atoms with E-state index in [4.69, 9.17) is 4.98 Å². The first kappa shape index (κ1) is 14.4. The van der Waals surface area contributed by atoms with Crippen molar-refractivity contribution in [3.05, 3.63) is 34.7 Å².